The monoisotopic (exact) mass is 360 g/mol. The molecule has 0 heterocycles. The summed E-state index contributed by atoms with van der Waals surface area (Å²) in [4.78, 5) is 0. The van der Waals surface area contributed by atoms with Gasteiger partial charge in [-0.3, -0.25) is 0 Å². The highest BCUT2D eigenvalue weighted by Crippen LogP contribution is 2.66. The van der Waals surface area contributed by atoms with Crippen molar-refractivity contribution in [3.05, 3.63) is 11.6 Å². The highest BCUT2D eigenvalue weighted by molar-refractivity contribution is 5.30. The second kappa shape index (κ2) is 6.92. The largest absolute Gasteiger partial charge is 0.396 e. The summed E-state index contributed by atoms with van der Waals surface area (Å²) in [5.41, 5.74) is 2.69. The van der Waals surface area contributed by atoms with Crippen LogP contribution in [0.4, 0.5) is 0 Å². The lowest BCUT2D eigenvalue weighted by molar-refractivity contribution is -0.0859. The Hall–Kier alpha value is -0.340. The number of hydrogen-bond donors (Lipinski definition) is 2. The van der Waals surface area contributed by atoms with E-state index >= 15 is 0 Å². The molecule has 148 valence electrons. The fraction of sp³-hybridized carbons (Fsp3) is 0.917. The number of aliphatic hydroxyl groups is 2. The van der Waals surface area contributed by atoms with Crippen molar-refractivity contribution in [1.82, 2.24) is 0 Å². The Morgan fingerprint density at radius 3 is 2.73 bits per heavy atom. The van der Waals surface area contributed by atoms with Gasteiger partial charge in [0, 0.05) is 6.61 Å². The lowest BCUT2D eigenvalue weighted by atomic mass is 9.45. The minimum absolute atomic E-state index is 0.0408. The van der Waals surface area contributed by atoms with Crippen molar-refractivity contribution in [3.63, 3.8) is 0 Å². The summed E-state index contributed by atoms with van der Waals surface area (Å²) in [7, 11) is 0. The van der Waals surface area contributed by atoms with Crippen molar-refractivity contribution in [3.8, 4) is 0 Å². The smallest absolute Gasteiger partial charge is 0.0543 e. The fourth-order valence-electron chi connectivity index (χ4n) is 8.07. The molecule has 2 N–H and O–H groups in total. The Kier molecular flexibility index (Phi) is 5.06. The minimum atomic E-state index is -0.0408. The predicted octanol–water partition coefficient (Wildman–Crippen LogP) is 5.33. The quantitative estimate of drug-likeness (QED) is 0.665. The van der Waals surface area contributed by atoms with Crippen molar-refractivity contribution >= 4 is 0 Å². The van der Waals surface area contributed by atoms with Crippen molar-refractivity contribution in [2.24, 2.45) is 40.4 Å². The van der Waals surface area contributed by atoms with Crippen molar-refractivity contribution in [2.75, 3.05) is 6.61 Å². The molecular weight excluding hydrogens is 320 g/mol. The van der Waals surface area contributed by atoms with Crippen LogP contribution in [0.2, 0.25) is 0 Å². The molecule has 0 bridgehead atoms. The molecule has 4 aliphatic rings. The predicted molar refractivity (Wildman–Crippen MR) is 107 cm³/mol. The third-order valence-electron chi connectivity index (χ3n) is 9.61. The molecular formula is C24H40O2. The Morgan fingerprint density at radius 2 is 1.96 bits per heavy atom. The van der Waals surface area contributed by atoms with E-state index in [9.17, 15) is 10.2 Å². The van der Waals surface area contributed by atoms with Crippen LogP contribution in [-0.4, -0.2) is 22.9 Å². The van der Waals surface area contributed by atoms with Gasteiger partial charge < -0.3 is 10.2 Å². The van der Waals surface area contributed by atoms with Crippen LogP contribution in [0, 0.1) is 40.4 Å². The van der Waals surface area contributed by atoms with Gasteiger partial charge in [-0.15, -0.1) is 0 Å². The van der Waals surface area contributed by atoms with E-state index in [0.717, 1.165) is 42.9 Å². The first-order chi connectivity index (χ1) is 12.4. The lowest BCUT2D eigenvalue weighted by Gasteiger charge is -2.59. The van der Waals surface area contributed by atoms with Crippen LogP contribution in [0.15, 0.2) is 11.6 Å². The molecule has 0 spiro atoms. The molecule has 8 atom stereocenters. The van der Waals surface area contributed by atoms with Gasteiger partial charge in [-0.1, -0.05) is 32.4 Å². The maximum Gasteiger partial charge on any atom is 0.0543 e. The Bertz CT molecular complexity index is 554. The van der Waals surface area contributed by atoms with E-state index in [1.165, 1.54) is 44.9 Å². The van der Waals surface area contributed by atoms with Gasteiger partial charge in [-0.25, -0.2) is 0 Å². The van der Waals surface area contributed by atoms with Gasteiger partial charge in [0.1, 0.15) is 0 Å². The summed E-state index contributed by atoms with van der Waals surface area (Å²) in [6.45, 7) is 7.90. The molecule has 0 aromatic rings. The zero-order valence-corrected chi connectivity index (χ0v) is 17.2. The molecule has 3 saturated carbocycles. The van der Waals surface area contributed by atoms with E-state index < -0.39 is 0 Å². The molecule has 4 aliphatic carbocycles. The molecule has 0 unspecified atom stereocenters. The van der Waals surface area contributed by atoms with E-state index in [2.05, 4.69) is 26.8 Å². The zero-order valence-electron chi connectivity index (χ0n) is 17.2. The molecule has 0 aromatic heterocycles. The summed E-state index contributed by atoms with van der Waals surface area (Å²) in [6.07, 6.45) is 14.7. The molecule has 3 fully saturated rings. The molecule has 0 saturated heterocycles. The van der Waals surface area contributed by atoms with Crippen molar-refractivity contribution < 1.29 is 10.2 Å². The third-order valence-corrected chi connectivity index (χ3v) is 9.61. The normalized spacial score (nSPS) is 49.0. The molecule has 0 aliphatic heterocycles. The average molecular weight is 361 g/mol. The summed E-state index contributed by atoms with van der Waals surface area (Å²) in [5, 5.41) is 19.4. The zero-order chi connectivity index (χ0) is 18.5. The van der Waals surface area contributed by atoms with E-state index in [1.807, 2.05) is 5.57 Å². The minimum Gasteiger partial charge on any atom is -0.396 e. The van der Waals surface area contributed by atoms with Crippen molar-refractivity contribution in [1.29, 1.82) is 0 Å². The van der Waals surface area contributed by atoms with Crippen LogP contribution in [-0.2, 0) is 0 Å². The Balaban J connectivity index is 1.54. The van der Waals surface area contributed by atoms with Crippen LogP contribution in [0.1, 0.15) is 85.0 Å². The van der Waals surface area contributed by atoms with Gasteiger partial charge in [0.05, 0.1) is 6.10 Å². The third kappa shape index (κ3) is 2.82. The van der Waals surface area contributed by atoms with E-state index in [0.29, 0.717) is 23.4 Å². The molecule has 4 rings (SSSR count). The lowest BCUT2D eigenvalue weighted by Crippen LogP contribution is -2.52. The highest BCUT2D eigenvalue weighted by Gasteiger charge is 2.57. The van der Waals surface area contributed by atoms with Gasteiger partial charge in [-0.05, 0) is 105 Å². The van der Waals surface area contributed by atoms with Crippen molar-refractivity contribution in [2.45, 2.75) is 91.1 Å². The van der Waals surface area contributed by atoms with E-state index in [1.54, 1.807) is 0 Å². The molecule has 26 heavy (non-hydrogen) atoms. The van der Waals surface area contributed by atoms with Gasteiger partial charge in [0.25, 0.3) is 0 Å². The molecule has 0 amide bonds. The highest BCUT2D eigenvalue weighted by atomic mass is 16.3. The maximum atomic E-state index is 10.2. The summed E-state index contributed by atoms with van der Waals surface area (Å²) in [5.74, 6) is 3.90. The standard InChI is InChI=1S/C24H40O2/c1-16(5-4-14-25)20-8-9-21-19-7-6-17-15-18(26)10-12-23(17,2)22(19)11-13-24(20,21)3/h9,16-20,22,25-26H,4-8,10-15H2,1-3H3/t16-,17-,18-,19+,20-,22+,23+,24-/m1/s1. The Morgan fingerprint density at radius 1 is 1.15 bits per heavy atom. The van der Waals surface area contributed by atoms with E-state index in [-0.39, 0.29) is 6.10 Å². The van der Waals surface area contributed by atoms with Crippen LogP contribution >= 0.6 is 0 Å². The van der Waals surface area contributed by atoms with Crippen LogP contribution in [0.3, 0.4) is 0 Å². The van der Waals surface area contributed by atoms with Crippen LogP contribution in [0.5, 0.6) is 0 Å². The second-order valence-electron chi connectivity index (χ2n) is 10.7. The first kappa shape index (κ1) is 19.0. The van der Waals surface area contributed by atoms with Gasteiger partial charge in [0.2, 0.25) is 0 Å². The fourth-order valence-corrected chi connectivity index (χ4v) is 8.07. The molecule has 2 nitrogen and oxygen atoms in total. The average Bonchev–Trinajstić information content (AvgIpc) is 2.97. The topological polar surface area (TPSA) is 40.5 Å². The first-order valence-corrected chi connectivity index (χ1v) is 11.4. The maximum absolute atomic E-state index is 10.2. The number of allylic oxidation sites excluding steroid dienone is 2. The summed E-state index contributed by atoms with van der Waals surface area (Å²) < 4.78 is 0. The van der Waals surface area contributed by atoms with Gasteiger partial charge >= 0.3 is 0 Å². The first-order valence-electron chi connectivity index (χ1n) is 11.4. The van der Waals surface area contributed by atoms with E-state index in [4.69, 9.17) is 0 Å². The molecule has 0 radical (unpaired) electrons. The Labute approximate surface area is 160 Å². The second-order valence-corrected chi connectivity index (χ2v) is 10.7. The number of aliphatic hydroxyl groups excluding tert-OH is 2. The molecule has 0 aromatic carbocycles. The van der Waals surface area contributed by atoms with Crippen LogP contribution < -0.4 is 0 Å². The summed E-state index contributed by atoms with van der Waals surface area (Å²) >= 11 is 0. The van der Waals surface area contributed by atoms with Crippen LogP contribution in [0.25, 0.3) is 0 Å². The summed E-state index contributed by atoms with van der Waals surface area (Å²) in [6, 6.07) is 0. The SMILES string of the molecule is C[C@H](CCCO)[C@H]1CC=C2[C@@H]3CC[C@@H]4C[C@H](O)CC[C@]4(C)[C@H]3CC[C@@]21C. The van der Waals surface area contributed by atoms with Gasteiger partial charge in [-0.2, -0.15) is 0 Å². The molecule has 2 heteroatoms. The number of hydrogen-bond acceptors (Lipinski definition) is 2. The number of fused-ring (bicyclic) bond motifs is 5. The van der Waals surface area contributed by atoms with Gasteiger partial charge in [0.15, 0.2) is 0 Å². The number of rotatable bonds is 4.